The highest BCUT2D eigenvalue weighted by Gasteiger charge is 2.25. The third-order valence-corrected chi connectivity index (χ3v) is 3.36. The second-order valence-electron chi connectivity index (χ2n) is 5.44. The predicted octanol–water partition coefficient (Wildman–Crippen LogP) is 2.09. The van der Waals surface area contributed by atoms with Gasteiger partial charge in [-0.05, 0) is 30.4 Å². The van der Waals surface area contributed by atoms with E-state index >= 15 is 0 Å². The van der Waals surface area contributed by atoms with Crippen LogP contribution >= 0.6 is 0 Å². The van der Waals surface area contributed by atoms with Gasteiger partial charge in [0.1, 0.15) is 0 Å². The summed E-state index contributed by atoms with van der Waals surface area (Å²) in [6, 6.07) is 7.74. The van der Waals surface area contributed by atoms with Crippen molar-refractivity contribution < 1.29 is 9.90 Å². The van der Waals surface area contributed by atoms with Crippen molar-refractivity contribution >= 4 is 5.91 Å². The van der Waals surface area contributed by atoms with Crippen LogP contribution in [0.2, 0.25) is 0 Å². The number of rotatable bonds is 4. The van der Waals surface area contributed by atoms with E-state index in [-0.39, 0.29) is 5.91 Å². The summed E-state index contributed by atoms with van der Waals surface area (Å²) in [6.45, 7) is 5.32. The lowest BCUT2D eigenvalue weighted by molar-refractivity contribution is 0.0567. The first-order valence-electron chi connectivity index (χ1n) is 6.63. The van der Waals surface area contributed by atoms with Gasteiger partial charge in [-0.1, -0.05) is 32.0 Å². The monoisotopic (exact) mass is 247 g/mol. The van der Waals surface area contributed by atoms with Gasteiger partial charge in [0.15, 0.2) is 0 Å². The van der Waals surface area contributed by atoms with Gasteiger partial charge >= 0.3 is 0 Å². The third-order valence-electron chi connectivity index (χ3n) is 3.36. The molecule has 0 aromatic heterocycles. The lowest BCUT2D eigenvalue weighted by Crippen LogP contribution is -2.42. The highest BCUT2D eigenvalue weighted by Crippen LogP contribution is 2.19. The summed E-state index contributed by atoms with van der Waals surface area (Å²) in [6.07, 6.45) is 1.21. The van der Waals surface area contributed by atoms with Crippen molar-refractivity contribution in [3.63, 3.8) is 0 Å². The average molecular weight is 247 g/mol. The van der Waals surface area contributed by atoms with E-state index in [9.17, 15) is 9.90 Å². The number of hydrogen-bond acceptors (Lipinski definition) is 2. The van der Waals surface area contributed by atoms with Gasteiger partial charge in [-0.3, -0.25) is 4.79 Å². The minimum atomic E-state index is -0.417. The maximum absolute atomic E-state index is 12.3. The molecule has 98 valence electrons. The molecule has 1 amide bonds. The first-order valence-corrected chi connectivity index (χ1v) is 6.63. The molecule has 1 aliphatic heterocycles. The fraction of sp³-hybridized carbons (Fsp3) is 0.533. The molecule has 0 saturated carbocycles. The largest absolute Gasteiger partial charge is 0.391 e. The number of aliphatic hydroxyl groups is 1. The number of carbonyl (C=O) groups is 1. The van der Waals surface area contributed by atoms with Gasteiger partial charge in [-0.25, -0.2) is 0 Å². The third kappa shape index (κ3) is 2.91. The Hall–Kier alpha value is -1.35. The standard InChI is InChI=1S/C15H21NO2/c1-11(2)9-13(17)10-16-8-7-12-5-3-4-6-14(12)15(16)18/h3-6,11,13,17H,7-10H2,1-2H3. The molecule has 1 N–H and O–H groups in total. The van der Waals surface area contributed by atoms with Crippen molar-refractivity contribution in [2.24, 2.45) is 5.92 Å². The van der Waals surface area contributed by atoms with Gasteiger partial charge in [0.2, 0.25) is 0 Å². The van der Waals surface area contributed by atoms with Crippen molar-refractivity contribution in [3.8, 4) is 0 Å². The summed E-state index contributed by atoms with van der Waals surface area (Å²) in [4.78, 5) is 14.0. The lowest BCUT2D eigenvalue weighted by Gasteiger charge is -2.30. The SMILES string of the molecule is CC(C)CC(O)CN1CCc2ccccc2C1=O. The molecule has 1 aromatic rings. The molecule has 0 bridgehead atoms. The molecule has 18 heavy (non-hydrogen) atoms. The molecule has 1 atom stereocenters. The molecule has 1 aliphatic rings. The minimum Gasteiger partial charge on any atom is -0.391 e. The normalized spacial score (nSPS) is 16.9. The van der Waals surface area contributed by atoms with Crippen LogP contribution in [0.15, 0.2) is 24.3 Å². The van der Waals surface area contributed by atoms with Crippen molar-refractivity contribution in [2.75, 3.05) is 13.1 Å². The predicted molar refractivity (Wildman–Crippen MR) is 71.5 cm³/mol. The lowest BCUT2D eigenvalue weighted by atomic mass is 9.98. The second kappa shape index (κ2) is 5.53. The Morgan fingerprint density at radius 2 is 2.06 bits per heavy atom. The highest BCUT2D eigenvalue weighted by molar-refractivity contribution is 5.96. The van der Waals surface area contributed by atoms with Gasteiger partial charge in [0.05, 0.1) is 6.10 Å². The van der Waals surface area contributed by atoms with E-state index in [4.69, 9.17) is 0 Å². The van der Waals surface area contributed by atoms with Crippen LogP contribution < -0.4 is 0 Å². The smallest absolute Gasteiger partial charge is 0.254 e. The summed E-state index contributed by atoms with van der Waals surface area (Å²) in [5.74, 6) is 0.506. The Kier molecular flexibility index (Phi) is 4.02. The first kappa shape index (κ1) is 13.1. The topological polar surface area (TPSA) is 40.5 Å². The Bertz CT molecular complexity index is 428. The fourth-order valence-corrected chi connectivity index (χ4v) is 2.52. The quantitative estimate of drug-likeness (QED) is 0.885. The molecule has 1 heterocycles. The van der Waals surface area contributed by atoms with Crippen molar-refractivity contribution in [1.29, 1.82) is 0 Å². The number of fused-ring (bicyclic) bond motifs is 1. The molecule has 0 spiro atoms. The molecule has 3 nitrogen and oxygen atoms in total. The van der Waals surface area contributed by atoms with E-state index in [1.54, 1.807) is 4.90 Å². The zero-order valence-electron chi connectivity index (χ0n) is 11.1. The maximum Gasteiger partial charge on any atom is 0.254 e. The Morgan fingerprint density at radius 3 is 2.78 bits per heavy atom. The van der Waals surface area contributed by atoms with Crippen LogP contribution in [0.3, 0.4) is 0 Å². The number of amides is 1. The molecular weight excluding hydrogens is 226 g/mol. The van der Waals surface area contributed by atoms with Crippen LogP contribution in [-0.2, 0) is 6.42 Å². The van der Waals surface area contributed by atoms with E-state index < -0.39 is 6.10 Å². The fourth-order valence-electron chi connectivity index (χ4n) is 2.52. The Labute approximate surface area is 108 Å². The van der Waals surface area contributed by atoms with Crippen molar-refractivity contribution in [2.45, 2.75) is 32.8 Å². The van der Waals surface area contributed by atoms with Gasteiger partial charge in [-0.15, -0.1) is 0 Å². The average Bonchev–Trinajstić information content (AvgIpc) is 2.32. The van der Waals surface area contributed by atoms with E-state index in [1.165, 1.54) is 0 Å². The van der Waals surface area contributed by atoms with Crippen molar-refractivity contribution in [1.82, 2.24) is 4.90 Å². The van der Waals surface area contributed by atoms with Crippen LogP contribution in [0.4, 0.5) is 0 Å². The van der Waals surface area contributed by atoms with Gasteiger partial charge in [-0.2, -0.15) is 0 Å². The van der Waals surface area contributed by atoms with E-state index in [2.05, 4.69) is 13.8 Å². The molecule has 0 fully saturated rings. The van der Waals surface area contributed by atoms with Gasteiger partial charge in [0.25, 0.3) is 5.91 Å². The Balaban J connectivity index is 2.03. The summed E-state index contributed by atoms with van der Waals surface area (Å²) < 4.78 is 0. The van der Waals surface area contributed by atoms with Crippen LogP contribution in [0.5, 0.6) is 0 Å². The van der Waals surface area contributed by atoms with Crippen LogP contribution in [0, 0.1) is 5.92 Å². The number of carbonyl (C=O) groups excluding carboxylic acids is 1. The van der Waals surface area contributed by atoms with Gasteiger partial charge in [0, 0.05) is 18.7 Å². The molecule has 1 unspecified atom stereocenters. The zero-order valence-corrected chi connectivity index (χ0v) is 11.1. The first-order chi connectivity index (χ1) is 8.58. The maximum atomic E-state index is 12.3. The van der Waals surface area contributed by atoms with E-state index in [0.717, 1.165) is 24.0 Å². The molecule has 0 radical (unpaired) electrons. The van der Waals surface area contributed by atoms with Crippen molar-refractivity contribution in [3.05, 3.63) is 35.4 Å². The highest BCUT2D eigenvalue weighted by atomic mass is 16.3. The zero-order chi connectivity index (χ0) is 13.1. The second-order valence-corrected chi connectivity index (χ2v) is 5.44. The molecule has 2 rings (SSSR count). The molecule has 3 heteroatoms. The summed E-state index contributed by atoms with van der Waals surface area (Å²) >= 11 is 0. The Morgan fingerprint density at radius 1 is 1.33 bits per heavy atom. The molecular formula is C15H21NO2. The van der Waals surface area contributed by atoms with E-state index in [0.29, 0.717) is 19.0 Å². The number of hydrogen-bond donors (Lipinski definition) is 1. The van der Waals surface area contributed by atoms with Crippen LogP contribution in [0.25, 0.3) is 0 Å². The minimum absolute atomic E-state index is 0.0552. The van der Waals surface area contributed by atoms with Crippen LogP contribution in [-0.4, -0.2) is 35.1 Å². The summed E-state index contributed by atoms with van der Waals surface area (Å²) in [5, 5.41) is 9.94. The summed E-state index contributed by atoms with van der Waals surface area (Å²) in [7, 11) is 0. The number of nitrogens with zero attached hydrogens (tertiary/aromatic N) is 1. The molecule has 0 saturated heterocycles. The van der Waals surface area contributed by atoms with Crippen LogP contribution in [0.1, 0.15) is 36.2 Å². The number of aliphatic hydroxyl groups excluding tert-OH is 1. The summed E-state index contributed by atoms with van der Waals surface area (Å²) in [5.41, 5.74) is 1.91. The number of benzene rings is 1. The molecule has 0 aliphatic carbocycles. The molecule has 1 aromatic carbocycles. The number of β-amino-alcohol motifs (C(OH)–C–C–N with tert-alkyl or cyclic N) is 1. The van der Waals surface area contributed by atoms with Gasteiger partial charge < -0.3 is 10.0 Å². The van der Waals surface area contributed by atoms with E-state index in [1.807, 2.05) is 24.3 Å².